The van der Waals surface area contributed by atoms with E-state index in [2.05, 4.69) is 20.3 Å². The van der Waals surface area contributed by atoms with Crippen molar-refractivity contribution < 1.29 is 13.7 Å². The molecule has 3 aromatic rings. The van der Waals surface area contributed by atoms with Crippen LogP contribution in [0.1, 0.15) is 29.3 Å². The Hall–Kier alpha value is -3.00. The molecular formula is C21H25N5O3. The van der Waals surface area contributed by atoms with Gasteiger partial charge in [0, 0.05) is 50.7 Å². The number of piperazine rings is 1. The van der Waals surface area contributed by atoms with Crippen LogP contribution < -0.4 is 0 Å². The van der Waals surface area contributed by atoms with E-state index in [0.29, 0.717) is 37.7 Å². The lowest BCUT2D eigenvalue weighted by Gasteiger charge is -2.34. The van der Waals surface area contributed by atoms with Gasteiger partial charge in [-0.3, -0.25) is 9.69 Å². The van der Waals surface area contributed by atoms with Crippen LogP contribution in [0.5, 0.6) is 0 Å². The zero-order valence-corrected chi connectivity index (χ0v) is 16.8. The first kappa shape index (κ1) is 19.3. The minimum absolute atomic E-state index is 0.121. The third-order valence-electron chi connectivity index (χ3n) is 5.10. The third-order valence-corrected chi connectivity index (χ3v) is 5.10. The topological polar surface area (TPSA) is 88.5 Å². The van der Waals surface area contributed by atoms with Gasteiger partial charge in [0.2, 0.25) is 17.7 Å². The van der Waals surface area contributed by atoms with Crippen molar-refractivity contribution in [3.63, 3.8) is 0 Å². The number of hydrogen-bond donors (Lipinski definition) is 0. The molecule has 1 amide bonds. The fourth-order valence-corrected chi connectivity index (χ4v) is 3.41. The largest absolute Gasteiger partial charge is 0.421 e. The van der Waals surface area contributed by atoms with E-state index in [1.54, 1.807) is 0 Å². The molecule has 29 heavy (non-hydrogen) atoms. The molecule has 1 aliphatic rings. The van der Waals surface area contributed by atoms with Crippen molar-refractivity contribution >= 4 is 5.91 Å². The summed E-state index contributed by atoms with van der Waals surface area (Å²) in [6.45, 7) is 7.75. The van der Waals surface area contributed by atoms with Crippen molar-refractivity contribution in [1.82, 2.24) is 25.2 Å². The molecule has 1 fully saturated rings. The maximum atomic E-state index is 12.5. The fraction of sp³-hybridized carbons (Fsp3) is 0.429. The first-order valence-corrected chi connectivity index (χ1v) is 9.88. The van der Waals surface area contributed by atoms with Crippen LogP contribution in [0.4, 0.5) is 0 Å². The minimum Gasteiger partial charge on any atom is -0.421 e. The SMILES string of the molecule is Cc1ccc(-c2nnc(CCC(=O)N3CCN(Cc4cc(C)no4)CC3)o2)cc1. The average Bonchev–Trinajstić information content (AvgIpc) is 3.36. The van der Waals surface area contributed by atoms with Gasteiger partial charge in [-0.25, -0.2) is 0 Å². The molecule has 4 rings (SSSR count). The van der Waals surface area contributed by atoms with E-state index in [9.17, 15) is 4.79 Å². The standard InChI is InChI=1S/C21H25N5O3/c1-15-3-5-17(6-4-15)21-23-22-19(28-21)7-8-20(27)26-11-9-25(10-12-26)14-18-13-16(2)24-29-18/h3-6,13H,7-12,14H2,1-2H3. The zero-order chi connectivity index (χ0) is 20.2. The molecule has 1 saturated heterocycles. The van der Waals surface area contributed by atoms with E-state index in [1.807, 2.05) is 49.1 Å². The predicted octanol–water partition coefficient (Wildman–Crippen LogP) is 2.62. The Morgan fingerprint density at radius 1 is 1.07 bits per heavy atom. The van der Waals surface area contributed by atoms with E-state index >= 15 is 0 Å². The van der Waals surface area contributed by atoms with Gasteiger partial charge in [0.25, 0.3) is 0 Å². The summed E-state index contributed by atoms with van der Waals surface area (Å²) in [5.74, 6) is 1.97. The highest BCUT2D eigenvalue weighted by atomic mass is 16.5. The van der Waals surface area contributed by atoms with Crippen molar-refractivity contribution in [1.29, 1.82) is 0 Å². The quantitative estimate of drug-likeness (QED) is 0.634. The number of amides is 1. The Balaban J connectivity index is 1.24. The van der Waals surface area contributed by atoms with Crippen LogP contribution in [0.3, 0.4) is 0 Å². The summed E-state index contributed by atoms with van der Waals surface area (Å²) in [7, 11) is 0. The van der Waals surface area contributed by atoms with Crippen LogP contribution in [0.25, 0.3) is 11.5 Å². The molecule has 0 bridgehead atoms. The van der Waals surface area contributed by atoms with Crippen molar-refractivity contribution in [2.24, 2.45) is 0 Å². The zero-order valence-electron chi connectivity index (χ0n) is 16.8. The van der Waals surface area contributed by atoms with Gasteiger partial charge >= 0.3 is 0 Å². The normalized spacial score (nSPS) is 15.0. The van der Waals surface area contributed by atoms with Crippen LogP contribution in [0.15, 0.2) is 39.3 Å². The lowest BCUT2D eigenvalue weighted by Crippen LogP contribution is -2.48. The molecule has 0 spiro atoms. The van der Waals surface area contributed by atoms with Crippen LogP contribution >= 0.6 is 0 Å². The van der Waals surface area contributed by atoms with Gasteiger partial charge in [0.15, 0.2) is 5.76 Å². The number of aryl methyl sites for hydroxylation is 3. The molecule has 1 aromatic carbocycles. The average molecular weight is 395 g/mol. The van der Waals surface area contributed by atoms with E-state index in [4.69, 9.17) is 8.94 Å². The van der Waals surface area contributed by atoms with Crippen LogP contribution in [-0.2, 0) is 17.8 Å². The van der Waals surface area contributed by atoms with Crippen LogP contribution in [0, 0.1) is 13.8 Å². The molecule has 2 aromatic heterocycles. The number of nitrogens with zero attached hydrogens (tertiary/aromatic N) is 5. The molecule has 0 N–H and O–H groups in total. The van der Waals surface area contributed by atoms with Gasteiger partial charge in [0.05, 0.1) is 12.2 Å². The molecule has 0 atom stereocenters. The van der Waals surface area contributed by atoms with Gasteiger partial charge in [-0.2, -0.15) is 0 Å². The molecule has 3 heterocycles. The number of carbonyl (C=O) groups excluding carboxylic acids is 1. The Bertz CT molecular complexity index is 955. The Morgan fingerprint density at radius 3 is 2.52 bits per heavy atom. The molecule has 0 unspecified atom stereocenters. The van der Waals surface area contributed by atoms with Crippen molar-refractivity contribution in [3.8, 4) is 11.5 Å². The Kier molecular flexibility index (Phi) is 5.71. The van der Waals surface area contributed by atoms with E-state index in [-0.39, 0.29) is 5.91 Å². The minimum atomic E-state index is 0.121. The molecule has 1 aliphatic heterocycles. The predicted molar refractivity (Wildman–Crippen MR) is 106 cm³/mol. The van der Waals surface area contributed by atoms with E-state index < -0.39 is 0 Å². The van der Waals surface area contributed by atoms with Gasteiger partial charge in [-0.15, -0.1) is 10.2 Å². The van der Waals surface area contributed by atoms with Crippen molar-refractivity contribution in [3.05, 3.63) is 53.2 Å². The summed E-state index contributed by atoms with van der Waals surface area (Å²) in [5, 5.41) is 12.1. The number of rotatable bonds is 6. The number of benzene rings is 1. The molecule has 0 saturated carbocycles. The van der Waals surface area contributed by atoms with Gasteiger partial charge in [-0.05, 0) is 26.0 Å². The second-order valence-corrected chi connectivity index (χ2v) is 7.46. The highest BCUT2D eigenvalue weighted by Crippen LogP contribution is 2.19. The highest BCUT2D eigenvalue weighted by Gasteiger charge is 2.22. The summed E-state index contributed by atoms with van der Waals surface area (Å²) >= 11 is 0. The lowest BCUT2D eigenvalue weighted by atomic mass is 10.1. The lowest BCUT2D eigenvalue weighted by molar-refractivity contribution is -0.133. The summed E-state index contributed by atoms with van der Waals surface area (Å²) < 4.78 is 11.0. The Labute approximate surface area is 169 Å². The summed E-state index contributed by atoms with van der Waals surface area (Å²) in [6, 6.07) is 9.87. The van der Waals surface area contributed by atoms with Crippen molar-refractivity contribution in [2.45, 2.75) is 33.2 Å². The fourth-order valence-electron chi connectivity index (χ4n) is 3.41. The van der Waals surface area contributed by atoms with Gasteiger partial charge in [0.1, 0.15) is 0 Å². The second-order valence-electron chi connectivity index (χ2n) is 7.46. The maximum Gasteiger partial charge on any atom is 0.247 e. The number of aromatic nitrogens is 3. The molecule has 0 radical (unpaired) electrons. The maximum absolute atomic E-state index is 12.5. The molecule has 8 nitrogen and oxygen atoms in total. The second kappa shape index (κ2) is 8.57. The van der Waals surface area contributed by atoms with Crippen LogP contribution in [-0.4, -0.2) is 57.2 Å². The van der Waals surface area contributed by atoms with E-state index in [0.717, 1.165) is 36.7 Å². The smallest absolute Gasteiger partial charge is 0.247 e. The summed E-state index contributed by atoms with van der Waals surface area (Å²) in [6.07, 6.45) is 0.825. The number of carbonyl (C=O) groups is 1. The summed E-state index contributed by atoms with van der Waals surface area (Å²) in [4.78, 5) is 16.7. The first-order chi connectivity index (χ1) is 14.1. The van der Waals surface area contributed by atoms with Gasteiger partial charge < -0.3 is 13.8 Å². The van der Waals surface area contributed by atoms with Gasteiger partial charge in [-0.1, -0.05) is 22.9 Å². The molecule has 152 valence electrons. The third kappa shape index (κ3) is 4.89. The molecule has 0 aliphatic carbocycles. The van der Waals surface area contributed by atoms with E-state index in [1.165, 1.54) is 5.56 Å². The Morgan fingerprint density at radius 2 is 1.83 bits per heavy atom. The number of hydrogen-bond acceptors (Lipinski definition) is 7. The molecule has 8 heteroatoms. The first-order valence-electron chi connectivity index (χ1n) is 9.88. The molecular weight excluding hydrogens is 370 g/mol. The monoisotopic (exact) mass is 395 g/mol. The van der Waals surface area contributed by atoms with Crippen molar-refractivity contribution in [2.75, 3.05) is 26.2 Å². The highest BCUT2D eigenvalue weighted by molar-refractivity contribution is 5.76. The van der Waals surface area contributed by atoms with Crippen LogP contribution in [0.2, 0.25) is 0 Å². The summed E-state index contributed by atoms with van der Waals surface area (Å²) in [5.41, 5.74) is 2.95.